The Morgan fingerprint density at radius 1 is 1.29 bits per heavy atom. The molecule has 0 bridgehead atoms. The molecular formula is C12H18N2O3. The molecule has 2 heterocycles. The number of ether oxygens (including phenoxy) is 3. The molecule has 0 amide bonds. The average molecular weight is 238 g/mol. The van der Waals surface area contributed by atoms with Crippen LogP contribution in [0.3, 0.4) is 0 Å². The fourth-order valence-corrected chi connectivity index (χ4v) is 2.01. The van der Waals surface area contributed by atoms with Gasteiger partial charge in [-0.1, -0.05) is 0 Å². The summed E-state index contributed by atoms with van der Waals surface area (Å²) in [4.78, 5) is 8.86. The third kappa shape index (κ3) is 3.00. The van der Waals surface area contributed by atoms with Crippen LogP contribution in [0.2, 0.25) is 0 Å². The Hall–Kier alpha value is -1.04. The lowest BCUT2D eigenvalue weighted by molar-refractivity contribution is -0.108. The summed E-state index contributed by atoms with van der Waals surface area (Å²) in [6.07, 6.45) is 3.30. The van der Waals surface area contributed by atoms with Crippen molar-refractivity contribution < 1.29 is 14.2 Å². The summed E-state index contributed by atoms with van der Waals surface area (Å²) in [7, 11) is 3.20. The molecule has 0 radical (unpaired) electrons. The molecule has 1 aromatic heterocycles. The minimum atomic E-state index is -0.420. The van der Waals surface area contributed by atoms with Gasteiger partial charge in [0, 0.05) is 39.5 Å². The molecule has 0 unspecified atom stereocenters. The molecule has 5 nitrogen and oxygen atoms in total. The molecule has 94 valence electrons. The van der Waals surface area contributed by atoms with E-state index in [9.17, 15) is 0 Å². The molecule has 0 aromatic carbocycles. The van der Waals surface area contributed by atoms with Gasteiger partial charge in [0.2, 0.25) is 6.29 Å². The van der Waals surface area contributed by atoms with E-state index in [1.165, 1.54) is 0 Å². The van der Waals surface area contributed by atoms with Gasteiger partial charge in [-0.3, -0.25) is 0 Å². The smallest absolute Gasteiger partial charge is 0.200 e. The van der Waals surface area contributed by atoms with E-state index in [4.69, 9.17) is 14.2 Å². The Kier molecular flexibility index (Phi) is 4.42. The SMILES string of the molecule is COC(OC)c1ccnc(C2CCOCC2)n1. The van der Waals surface area contributed by atoms with E-state index in [0.717, 1.165) is 37.6 Å². The number of aromatic nitrogens is 2. The molecule has 1 saturated heterocycles. The molecule has 0 aliphatic carbocycles. The Morgan fingerprint density at radius 3 is 2.65 bits per heavy atom. The molecule has 1 aromatic rings. The third-order valence-corrected chi connectivity index (χ3v) is 2.95. The average Bonchev–Trinajstić information content (AvgIpc) is 2.42. The van der Waals surface area contributed by atoms with Crippen LogP contribution >= 0.6 is 0 Å². The van der Waals surface area contributed by atoms with Crippen molar-refractivity contribution in [3.63, 3.8) is 0 Å². The minimum absolute atomic E-state index is 0.387. The van der Waals surface area contributed by atoms with Crippen molar-refractivity contribution >= 4 is 0 Å². The second kappa shape index (κ2) is 6.05. The van der Waals surface area contributed by atoms with Crippen molar-refractivity contribution in [2.45, 2.75) is 25.0 Å². The van der Waals surface area contributed by atoms with Gasteiger partial charge < -0.3 is 14.2 Å². The van der Waals surface area contributed by atoms with Gasteiger partial charge in [-0.25, -0.2) is 9.97 Å². The predicted octanol–water partition coefficient (Wildman–Crippen LogP) is 1.66. The van der Waals surface area contributed by atoms with Crippen molar-refractivity contribution in [2.24, 2.45) is 0 Å². The van der Waals surface area contributed by atoms with E-state index < -0.39 is 6.29 Å². The Bertz CT molecular complexity index is 349. The molecule has 0 spiro atoms. The largest absolute Gasteiger partial charge is 0.381 e. The van der Waals surface area contributed by atoms with Crippen LogP contribution in [-0.4, -0.2) is 37.4 Å². The second-order valence-corrected chi connectivity index (χ2v) is 4.03. The fraction of sp³-hybridized carbons (Fsp3) is 0.667. The molecule has 0 atom stereocenters. The van der Waals surface area contributed by atoms with Crippen LogP contribution in [0, 0.1) is 0 Å². The Balaban J connectivity index is 2.15. The lowest BCUT2D eigenvalue weighted by Crippen LogP contribution is -2.17. The lowest BCUT2D eigenvalue weighted by atomic mass is 9.99. The highest BCUT2D eigenvalue weighted by Crippen LogP contribution is 2.25. The van der Waals surface area contributed by atoms with Gasteiger partial charge in [-0.15, -0.1) is 0 Å². The zero-order valence-corrected chi connectivity index (χ0v) is 10.3. The summed E-state index contributed by atoms with van der Waals surface area (Å²) in [5.41, 5.74) is 0.770. The van der Waals surface area contributed by atoms with E-state index in [-0.39, 0.29) is 0 Å². The van der Waals surface area contributed by atoms with Crippen LogP contribution in [0.5, 0.6) is 0 Å². The number of nitrogens with zero attached hydrogens (tertiary/aromatic N) is 2. The number of methoxy groups -OCH3 is 2. The second-order valence-electron chi connectivity index (χ2n) is 4.03. The van der Waals surface area contributed by atoms with Crippen LogP contribution in [-0.2, 0) is 14.2 Å². The van der Waals surface area contributed by atoms with Crippen LogP contribution < -0.4 is 0 Å². The molecule has 5 heteroatoms. The first-order valence-corrected chi connectivity index (χ1v) is 5.81. The van der Waals surface area contributed by atoms with Crippen molar-refractivity contribution in [1.29, 1.82) is 0 Å². The van der Waals surface area contributed by atoms with Crippen molar-refractivity contribution in [3.8, 4) is 0 Å². The highest BCUT2D eigenvalue weighted by Gasteiger charge is 2.20. The highest BCUT2D eigenvalue weighted by atomic mass is 16.7. The standard InChI is InChI=1S/C12H18N2O3/c1-15-12(16-2)10-3-6-13-11(14-10)9-4-7-17-8-5-9/h3,6,9,12H,4-5,7-8H2,1-2H3. The van der Waals surface area contributed by atoms with E-state index in [0.29, 0.717) is 5.92 Å². The van der Waals surface area contributed by atoms with Gasteiger partial charge in [-0.2, -0.15) is 0 Å². The molecule has 17 heavy (non-hydrogen) atoms. The van der Waals surface area contributed by atoms with Crippen molar-refractivity contribution in [1.82, 2.24) is 9.97 Å². The van der Waals surface area contributed by atoms with Crippen LogP contribution in [0.25, 0.3) is 0 Å². The molecule has 1 aliphatic rings. The van der Waals surface area contributed by atoms with E-state index >= 15 is 0 Å². The highest BCUT2D eigenvalue weighted by molar-refractivity contribution is 5.07. The summed E-state index contributed by atoms with van der Waals surface area (Å²) >= 11 is 0. The molecular weight excluding hydrogens is 220 g/mol. The van der Waals surface area contributed by atoms with Crippen molar-refractivity contribution in [3.05, 3.63) is 23.8 Å². The monoisotopic (exact) mass is 238 g/mol. The van der Waals surface area contributed by atoms with Crippen LogP contribution in [0.15, 0.2) is 12.3 Å². The van der Waals surface area contributed by atoms with E-state index in [2.05, 4.69) is 9.97 Å². The van der Waals surface area contributed by atoms with E-state index in [1.54, 1.807) is 20.4 Å². The zero-order valence-electron chi connectivity index (χ0n) is 10.3. The molecule has 2 rings (SSSR count). The maximum absolute atomic E-state index is 5.34. The fourth-order valence-electron chi connectivity index (χ4n) is 2.01. The number of rotatable bonds is 4. The lowest BCUT2D eigenvalue weighted by Gasteiger charge is -2.21. The minimum Gasteiger partial charge on any atom is -0.381 e. The summed E-state index contributed by atoms with van der Waals surface area (Å²) in [5, 5.41) is 0. The molecule has 0 saturated carbocycles. The van der Waals surface area contributed by atoms with Gasteiger partial charge in [0.15, 0.2) is 0 Å². The number of hydrogen-bond acceptors (Lipinski definition) is 5. The Morgan fingerprint density at radius 2 is 2.00 bits per heavy atom. The quantitative estimate of drug-likeness (QED) is 0.747. The summed E-state index contributed by atoms with van der Waals surface area (Å²) < 4.78 is 15.7. The van der Waals surface area contributed by atoms with Crippen molar-refractivity contribution in [2.75, 3.05) is 27.4 Å². The summed E-state index contributed by atoms with van der Waals surface area (Å²) in [6.45, 7) is 1.58. The predicted molar refractivity (Wildman–Crippen MR) is 61.6 cm³/mol. The summed E-state index contributed by atoms with van der Waals surface area (Å²) in [5.74, 6) is 1.25. The zero-order chi connectivity index (χ0) is 12.1. The van der Waals surface area contributed by atoms with E-state index in [1.807, 2.05) is 6.07 Å². The third-order valence-electron chi connectivity index (χ3n) is 2.95. The maximum atomic E-state index is 5.34. The first-order chi connectivity index (χ1) is 8.35. The molecule has 1 fully saturated rings. The topological polar surface area (TPSA) is 53.5 Å². The maximum Gasteiger partial charge on any atom is 0.200 e. The van der Waals surface area contributed by atoms with Crippen LogP contribution in [0.1, 0.15) is 36.6 Å². The Labute approximate surface area is 101 Å². The molecule has 1 aliphatic heterocycles. The van der Waals surface area contributed by atoms with Gasteiger partial charge in [-0.05, 0) is 18.9 Å². The summed E-state index contributed by atoms with van der Waals surface area (Å²) in [6, 6.07) is 1.82. The molecule has 0 N–H and O–H groups in total. The van der Waals surface area contributed by atoms with Gasteiger partial charge >= 0.3 is 0 Å². The number of hydrogen-bond donors (Lipinski definition) is 0. The first-order valence-electron chi connectivity index (χ1n) is 5.81. The van der Waals surface area contributed by atoms with Gasteiger partial charge in [0.05, 0.1) is 5.69 Å². The normalized spacial score (nSPS) is 17.6. The van der Waals surface area contributed by atoms with Gasteiger partial charge in [0.25, 0.3) is 0 Å². The first kappa shape index (κ1) is 12.4. The van der Waals surface area contributed by atoms with Gasteiger partial charge in [0.1, 0.15) is 5.82 Å². The van der Waals surface area contributed by atoms with Crippen LogP contribution in [0.4, 0.5) is 0 Å².